The fourth-order valence-corrected chi connectivity index (χ4v) is 2.13. The van der Waals surface area contributed by atoms with Crippen molar-refractivity contribution in [3.63, 3.8) is 0 Å². The molecule has 0 atom stereocenters. The van der Waals surface area contributed by atoms with Gasteiger partial charge in [0.05, 0.1) is 14.2 Å². The highest BCUT2D eigenvalue weighted by atomic mass is 16.5. The van der Waals surface area contributed by atoms with E-state index in [9.17, 15) is 4.79 Å². The number of hydrogen-bond donors (Lipinski definition) is 0. The molecule has 0 saturated heterocycles. The second kappa shape index (κ2) is 6.27. The van der Waals surface area contributed by atoms with Crippen molar-refractivity contribution in [1.82, 2.24) is 4.90 Å². The minimum absolute atomic E-state index is 0.183. The predicted octanol–water partition coefficient (Wildman–Crippen LogP) is 2.38. The largest absolute Gasteiger partial charge is 0.497 e. The predicted molar refractivity (Wildman–Crippen MR) is 73.3 cm³/mol. The van der Waals surface area contributed by atoms with Crippen LogP contribution in [0.3, 0.4) is 0 Å². The average Bonchev–Trinajstić information content (AvgIpc) is 2.64. The van der Waals surface area contributed by atoms with Gasteiger partial charge in [-0.1, -0.05) is 12.2 Å². The van der Waals surface area contributed by atoms with Gasteiger partial charge >= 0.3 is 0 Å². The molecular weight excluding hydrogens is 242 g/mol. The van der Waals surface area contributed by atoms with Crippen LogP contribution in [0.2, 0.25) is 0 Å². The van der Waals surface area contributed by atoms with Gasteiger partial charge in [0.1, 0.15) is 11.5 Å². The van der Waals surface area contributed by atoms with Crippen LogP contribution in [-0.2, 0) is 11.3 Å². The van der Waals surface area contributed by atoms with Crippen molar-refractivity contribution in [2.45, 2.75) is 19.4 Å². The smallest absolute Gasteiger partial charge is 0.223 e. The van der Waals surface area contributed by atoms with E-state index in [1.807, 2.05) is 29.2 Å². The van der Waals surface area contributed by atoms with Crippen LogP contribution in [0.25, 0.3) is 0 Å². The Hall–Kier alpha value is -1.97. The average molecular weight is 261 g/mol. The third-order valence-electron chi connectivity index (χ3n) is 3.23. The molecule has 1 aliphatic rings. The van der Waals surface area contributed by atoms with E-state index in [1.165, 1.54) is 0 Å². The molecule has 1 aliphatic heterocycles. The van der Waals surface area contributed by atoms with Gasteiger partial charge in [0.2, 0.25) is 5.91 Å². The fraction of sp³-hybridized carbons (Fsp3) is 0.400. The quantitative estimate of drug-likeness (QED) is 0.781. The zero-order chi connectivity index (χ0) is 13.7. The SMILES string of the molecule is COc1ccc(CN2CC=CCCC2=O)c(OC)c1. The molecule has 102 valence electrons. The number of ether oxygens (including phenoxy) is 2. The summed E-state index contributed by atoms with van der Waals surface area (Å²) < 4.78 is 10.5. The molecule has 2 rings (SSSR count). The van der Waals surface area contributed by atoms with E-state index in [0.29, 0.717) is 19.5 Å². The van der Waals surface area contributed by atoms with Gasteiger partial charge < -0.3 is 14.4 Å². The zero-order valence-corrected chi connectivity index (χ0v) is 11.4. The molecule has 0 aliphatic carbocycles. The highest BCUT2D eigenvalue weighted by Gasteiger charge is 2.16. The van der Waals surface area contributed by atoms with Gasteiger partial charge in [-0.2, -0.15) is 0 Å². The van der Waals surface area contributed by atoms with E-state index in [4.69, 9.17) is 9.47 Å². The van der Waals surface area contributed by atoms with Crippen molar-refractivity contribution >= 4 is 5.91 Å². The summed E-state index contributed by atoms with van der Waals surface area (Å²) >= 11 is 0. The fourth-order valence-electron chi connectivity index (χ4n) is 2.13. The summed E-state index contributed by atoms with van der Waals surface area (Å²) in [5, 5.41) is 0. The number of benzene rings is 1. The highest BCUT2D eigenvalue weighted by Crippen LogP contribution is 2.26. The third kappa shape index (κ3) is 3.28. The van der Waals surface area contributed by atoms with Crippen LogP contribution >= 0.6 is 0 Å². The Morgan fingerprint density at radius 3 is 2.79 bits per heavy atom. The Bertz CT molecular complexity index is 482. The van der Waals surface area contributed by atoms with E-state index in [2.05, 4.69) is 6.08 Å². The molecule has 0 saturated carbocycles. The lowest BCUT2D eigenvalue weighted by molar-refractivity contribution is -0.131. The van der Waals surface area contributed by atoms with Gasteiger partial charge in [-0.15, -0.1) is 0 Å². The minimum atomic E-state index is 0.183. The Morgan fingerprint density at radius 1 is 1.21 bits per heavy atom. The number of amides is 1. The number of methoxy groups -OCH3 is 2. The van der Waals surface area contributed by atoms with Crippen LogP contribution in [0.1, 0.15) is 18.4 Å². The maximum absolute atomic E-state index is 12.0. The monoisotopic (exact) mass is 261 g/mol. The topological polar surface area (TPSA) is 38.8 Å². The van der Waals surface area contributed by atoms with E-state index >= 15 is 0 Å². The Labute approximate surface area is 113 Å². The van der Waals surface area contributed by atoms with Gasteiger partial charge in [-0.25, -0.2) is 0 Å². The van der Waals surface area contributed by atoms with Gasteiger partial charge in [-0.05, 0) is 18.6 Å². The summed E-state index contributed by atoms with van der Waals surface area (Å²) in [6, 6.07) is 5.67. The molecule has 19 heavy (non-hydrogen) atoms. The van der Waals surface area contributed by atoms with Crippen LogP contribution in [0.5, 0.6) is 11.5 Å². The molecule has 0 spiro atoms. The summed E-state index contributed by atoms with van der Waals surface area (Å²) in [5.41, 5.74) is 0.993. The second-order valence-electron chi connectivity index (χ2n) is 4.46. The number of carbonyl (C=O) groups excluding carboxylic acids is 1. The molecule has 0 aromatic heterocycles. The first-order valence-electron chi connectivity index (χ1n) is 6.38. The van der Waals surface area contributed by atoms with Crippen LogP contribution in [0.4, 0.5) is 0 Å². The summed E-state index contributed by atoms with van der Waals surface area (Å²) in [5.74, 6) is 1.69. The number of nitrogens with zero attached hydrogens (tertiary/aromatic N) is 1. The number of hydrogen-bond acceptors (Lipinski definition) is 3. The molecule has 1 aromatic carbocycles. The summed E-state index contributed by atoms with van der Waals surface area (Å²) in [4.78, 5) is 13.8. The van der Waals surface area contributed by atoms with Crippen LogP contribution in [0, 0.1) is 0 Å². The van der Waals surface area contributed by atoms with Crippen LogP contribution < -0.4 is 9.47 Å². The number of rotatable bonds is 4. The molecule has 0 fully saturated rings. The van der Waals surface area contributed by atoms with Gasteiger partial charge in [0.25, 0.3) is 0 Å². The molecule has 4 nitrogen and oxygen atoms in total. The van der Waals surface area contributed by atoms with E-state index < -0.39 is 0 Å². The third-order valence-corrected chi connectivity index (χ3v) is 3.23. The molecular formula is C15H19NO3. The Balaban J connectivity index is 2.17. The lowest BCUT2D eigenvalue weighted by Crippen LogP contribution is -2.29. The van der Waals surface area contributed by atoms with Crippen molar-refractivity contribution in [2.75, 3.05) is 20.8 Å². The van der Waals surface area contributed by atoms with Crippen molar-refractivity contribution in [3.05, 3.63) is 35.9 Å². The first-order valence-corrected chi connectivity index (χ1v) is 6.38. The van der Waals surface area contributed by atoms with Crippen molar-refractivity contribution < 1.29 is 14.3 Å². The Kier molecular flexibility index (Phi) is 4.44. The second-order valence-corrected chi connectivity index (χ2v) is 4.46. The summed E-state index contributed by atoms with van der Waals surface area (Å²) in [7, 11) is 3.25. The van der Waals surface area contributed by atoms with Gasteiger partial charge in [0.15, 0.2) is 0 Å². The zero-order valence-electron chi connectivity index (χ0n) is 11.4. The van der Waals surface area contributed by atoms with Crippen molar-refractivity contribution in [1.29, 1.82) is 0 Å². The van der Waals surface area contributed by atoms with E-state index in [-0.39, 0.29) is 5.91 Å². The lowest BCUT2D eigenvalue weighted by Gasteiger charge is -2.21. The maximum atomic E-state index is 12.0. The van der Waals surface area contributed by atoms with Crippen LogP contribution in [-0.4, -0.2) is 31.6 Å². The molecule has 0 radical (unpaired) electrons. The standard InChI is InChI=1S/C15H19NO3/c1-18-13-8-7-12(14(10-13)19-2)11-16-9-5-3-4-6-15(16)17/h3,5,7-8,10H,4,6,9,11H2,1-2H3. The number of carbonyl (C=O) groups is 1. The van der Waals surface area contributed by atoms with Crippen molar-refractivity contribution in [3.8, 4) is 11.5 Å². The van der Waals surface area contributed by atoms with Crippen molar-refractivity contribution in [2.24, 2.45) is 0 Å². The van der Waals surface area contributed by atoms with E-state index in [0.717, 1.165) is 23.5 Å². The van der Waals surface area contributed by atoms with Gasteiger partial charge in [-0.3, -0.25) is 4.79 Å². The maximum Gasteiger partial charge on any atom is 0.223 e. The normalized spacial score (nSPS) is 15.3. The van der Waals surface area contributed by atoms with Gasteiger partial charge in [0, 0.05) is 31.1 Å². The van der Waals surface area contributed by atoms with Crippen LogP contribution in [0.15, 0.2) is 30.4 Å². The first-order chi connectivity index (χ1) is 9.24. The molecule has 1 aromatic rings. The summed E-state index contributed by atoms with van der Waals surface area (Å²) in [6.07, 6.45) is 5.51. The lowest BCUT2D eigenvalue weighted by atomic mass is 10.1. The first kappa shape index (κ1) is 13.5. The number of allylic oxidation sites excluding steroid dienone is 1. The molecule has 0 unspecified atom stereocenters. The summed E-state index contributed by atoms with van der Waals surface area (Å²) in [6.45, 7) is 1.23. The molecule has 0 N–H and O–H groups in total. The molecule has 4 heteroatoms. The molecule has 1 amide bonds. The Morgan fingerprint density at radius 2 is 2.05 bits per heavy atom. The molecule has 0 bridgehead atoms. The van der Waals surface area contributed by atoms with E-state index in [1.54, 1.807) is 14.2 Å². The highest BCUT2D eigenvalue weighted by molar-refractivity contribution is 5.77. The minimum Gasteiger partial charge on any atom is -0.497 e. The molecule has 1 heterocycles.